The average Bonchev–Trinajstić information content (AvgIpc) is 2.76. The van der Waals surface area contributed by atoms with Gasteiger partial charge in [0.2, 0.25) is 0 Å². The van der Waals surface area contributed by atoms with Crippen LogP contribution in [0.2, 0.25) is 15.1 Å². The van der Waals surface area contributed by atoms with Gasteiger partial charge in [-0.1, -0.05) is 40.9 Å². The van der Waals surface area contributed by atoms with Crippen molar-refractivity contribution in [3.8, 4) is 0 Å². The van der Waals surface area contributed by atoms with Crippen LogP contribution in [0, 0.1) is 0 Å². The van der Waals surface area contributed by atoms with Gasteiger partial charge in [0.05, 0.1) is 37.1 Å². The van der Waals surface area contributed by atoms with Gasteiger partial charge in [-0.25, -0.2) is 0 Å². The quantitative estimate of drug-likeness (QED) is 0.271. The fraction of sp³-hybridized carbons (Fsp3) is 0.167. The minimum Gasteiger partial charge on any atom is -0.340 e. The van der Waals surface area contributed by atoms with E-state index in [1.165, 1.54) is 0 Å². The van der Waals surface area contributed by atoms with Gasteiger partial charge in [-0.3, -0.25) is 9.59 Å². The van der Waals surface area contributed by atoms with E-state index in [-0.39, 0.29) is 10.9 Å². The van der Waals surface area contributed by atoms with Gasteiger partial charge in [0.15, 0.2) is 10.9 Å². The summed E-state index contributed by atoms with van der Waals surface area (Å²) < 4.78 is 3.98. The summed E-state index contributed by atoms with van der Waals surface area (Å²) in [7, 11) is 0. The van der Waals surface area contributed by atoms with E-state index in [0.717, 1.165) is 0 Å². The van der Waals surface area contributed by atoms with Crippen LogP contribution < -0.4 is 10.9 Å². The third-order valence-corrected chi connectivity index (χ3v) is 6.92. The van der Waals surface area contributed by atoms with Crippen molar-refractivity contribution in [1.82, 2.24) is 9.13 Å². The molecule has 2 aromatic heterocycles. The molecule has 0 spiro atoms. The summed E-state index contributed by atoms with van der Waals surface area (Å²) in [4.78, 5) is 26.9. The zero-order valence-electron chi connectivity index (χ0n) is 16.8. The first-order valence-electron chi connectivity index (χ1n) is 9.97. The number of aromatic nitrogens is 2. The molecule has 0 N–H and O–H groups in total. The van der Waals surface area contributed by atoms with Crippen LogP contribution in [0.1, 0.15) is 13.8 Å². The highest BCUT2D eigenvalue weighted by Gasteiger charge is 2.18. The molecule has 0 amide bonds. The lowest BCUT2D eigenvalue weighted by Crippen LogP contribution is -2.15. The highest BCUT2D eigenvalue weighted by molar-refractivity contribution is 6.42. The highest BCUT2D eigenvalue weighted by atomic mass is 35.5. The molecule has 0 unspecified atom stereocenters. The molecule has 4 nitrogen and oxygen atoms in total. The van der Waals surface area contributed by atoms with Gasteiger partial charge >= 0.3 is 0 Å². The molecule has 0 aliphatic heterocycles. The van der Waals surface area contributed by atoms with E-state index >= 15 is 0 Å². The third kappa shape index (κ3) is 2.82. The number of benzene rings is 3. The molecule has 156 valence electrons. The van der Waals surface area contributed by atoms with Gasteiger partial charge in [-0.2, -0.15) is 0 Å². The Labute approximate surface area is 192 Å². The Kier molecular flexibility index (Phi) is 4.78. The van der Waals surface area contributed by atoms with Crippen LogP contribution in [0.25, 0.3) is 43.6 Å². The van der Waals surface area contributed by atoms with Crippen molar-refractivity contribution in [3.63, 3.8) is 0 Å². The van der Waals surface area contributed by atoms with Crippen molar-refractivity contribution < 1.29 is 0 Å². The second-order valence-electron chi connectivity index (χ2n) is 7.45. The standard InChI is InChI=1S/C24H17Cl3N2O2/c1-3-28-19-9-15-20(29(4-2)22-12(23(15)30)6-5-7-16(22)25)10-14(19)24(31)13-8-17(26)18(27)11-21(13)28/h5-11H,3-4H2,1-2H3. The smallest absolute Gasteiger partial charge is 0.197 e. The maximum Gasteiger partial charge on any atom is 0.197 e. The number of hydrogen-bond acceptors (Lipinski definition) is 2. The molecular formula is C24H17Cl3N2O2. The zero-order chi connectivity index (χ0) is 22.0. The number of halogens is 3. The van der Waals surface area contributed by atoms with Gasteiger partial charge < -0.3 is 9.13 Å². The Morgan fingerprint density at radius 2 is 1.16 bits per heavy atom. The molecule has 2 heterocycles. The topological polar surface area (TPSA) is 44.0 Å². The van der Waals surface area contributed by atoms with Gasteiger partial charge in [0, 0.05) is 34.6 Å². The summed E-state index contributed by atoms with van der Waals surface area (Å²) in [5.41, 5.74) is 2.48. The summed E-state index contributed by atoms with van der Waals surface area (Å²) in [5, 5.41) is 3.33. The Morgan fingerprint density at radius 1 is 0.645 bits per heavy atom. The minimum atomic E-state index is -0.149. The Balaban J connectivity index is 2.11. The maximum atomic E-state index is 13.4. The Hall–Kier alpha value is -2.53. The van der Waals surface area contributed by atoms with Crippen molar-refractivity contribution in [2.24, 2.45) is 0 Å². The number of rotatable bonds is 2. The number of hydrogen-bond donors (Lipinski definition) is 0. The lowest BCUT2D eigenvalue weighted by molar-refractivity contribution is 0.816. The number of fused-ring (bicyclic) bond motifs is 4. The first-order chi connectivity index (χ1) is 14.9. The molecule has 5 rings (SSSR count). The Morgan fingerprint density at radius 3 is 1.81 bits per heavy atom. The van der Waals surface area contributed by atoms with E-state index in [0.29, 0.717) is 71.8 Å². The number of para-hydroxylation sites is 1. The summed E-state index contributed by atoms with van der Waals surface area (Å²) >= 11 is 18.9. The van der Waals surface area contributed by atoms with Crippen molar-refractivity contribution in [2.45, 2.75) is 26.9 Å². The lowest BCUT2D eigenvalue weighted by atomic mass is 10.0. The number of aryl methyl sites for hydroxylation is 2. The molecule has 3 aromatic carbocycles. The number of nitrogens with zero attached hydrogens (tertiary/aromatic N) is 2. The molecule has 7 heteroatoms. The fourth-order valence-electron chi connectivity index (χ4n) is 4.51. The van der Waals surface area contributed by atoms with E-state index in [9.17, 15) is 9.59 Å². The van der Waals surface area contributed by atoms with Crippen LogP contribution in [0.4, 0.5) is 0 Å². The molecule has 0 bridgehead atoms. The molecular weight excluding hydrogens is 455 g/mol. The Bertz CT molecular complexity index is 1680. The lowest BCUT2D eigenvalue weighted by Gasteiger charge is -2.18. The molecule has 0 aliphatic carbocycles. The summed E-state index contributed by atoms with van der Waals surface area (Å²) in [6.45, 7) is 5.17. The molecule has 0 saturated carbocycles. The van der Waals surface area contributed by atoms with Crippen LogP contribution in [-0.2, 0) is 13.1 Å². The summed E-state index contributed by atoms with van der Waals surface area (Å²) in [5.74, 6) is 0. The van der Waals surface area contributed by atoms with Gasteiger partial charge in [0.1, 0.15) is 0 Å². The molecule has 0 atom stereocenters. The van der Waals surface area contributed by atoms with Crippen LogP contribution in [-0.4, -0.2) is 9.13 Å². The highest BCUT2D eigenvalue weighted by Crippen LogP contribution is 2.31. The summed E-state index contributed by atoms with van der Waals surface area (Å²) in [6, 6.07) is 12.3. The first-order valence-corrected chi connectivity index (χ1v) is 11.1. The largest absolute Gasteiger partial charge is 0.340 e. The fourth-order valence-corrected chi connectivity index (χ4v) is 5.11. The van der Waals surface area contributed by atoms with E-state index < -0.39 is 0 Å². The van der Waals surface area contributed by atoms with E-state index in [4.69, 9.17) is 34.8 Å². The average molecular weight is 472 g/mol. The first kappa shape index (κ1) is 20.4. The van der Waals surface area contributed by atoms with E-state index in [1.807, 2.05) is 29.0 Å². The second kappa shape index (κ2) is 7.27. The van der Waals surface area contributed by atoms with Crippen LogP contribution in [0.3, 0.4) is 0 Å². The van der Waals surface area contributed by atoms with Crippen molar-refractivity contribution in [2.75, 3.05) is 0 Å². The van der Waals surface area contributed by atoms with Crippen molar-refractivity contribution >= 4 is 78.4 Å². The molecule has 0 aliphatic rings. The number of pyridine rings is 2. The normalized spacial score (nSPS) is 11.9. The van der Waals surface area contributed by atoms with Crippen LogP contribution in [0.15, 0.2) is 52.1 Å². The second-order valence-corrected chi connectivity index (χ2v) is 8.67. The van der Waals surface area contributed by atoms with Gasteiger partial charge in [-0.15, -0.1) is 0 Å². The van der Waals surface area contributed by atoms with Gasteiger partial charge in [0.25, 0.3) is 0 Å². The molecule has 0 saturated heterocycles. The van der Waals surface area contributed by atoms with E-state index in [1.54, 1.807) is 36.4 Å². The monoisotopic (exact) mass is 470 g/mol. The SMILES string of the molecule is CCn1c2cc(Cl)c(Cl)cc2c(=O)c2cc3c(cc21)c(=O)c1cccc(Cl)c1n3CC. The van der Waals surface area contributed by atoms with Crippen molar-refractivity contribution in [3.05, 3.63) is 78.0 Å². The van der Waals surface area contributed by atoms with Crippen molar-refractivity contribution in [1.29, 1.82) is 0 Å². The third-order valence-electron chi connectivity index (χ3n) is 5.89. The zero-order valence-corrected chi connectivity index (χ0v) is 19.1. The predicted molar refractivity (Wildman–Crippen MR) is 131 cm³/mol. The molecule has 0 fully saturated rings. The minimum absolute atomic E-state index is 0.108. The van der Waals surface area contributed by atoms with E-state index in [2.05, 4.69) is 0 Å². The summed E-state index contributed by atoms with van der Waals surface area (Å²) in [6.07, 6.45) is 0. The van der Waals surface area contributed by atoms with Crippen LogP contribution >= 0.6 is 34.8 Å². The molecule has 31 heavy (non-hydrogen) atoms. The predicted octanol–water partition coefficient (Wildman–Crippen LogP) is 6.62. The molecule has 5 aromatic rings. The van der Waals surface area contributed by atoms with Gasteiger partial charge in [-0.05, 0) is 50.2 Å². The van der Waals surface area contributed by atoms with Crippen LogP contribution in [0.5, 0.6) is 0 Å². The molecule has 0 radical (unpaired) electrons. The maximum absolute atomic E-state index is 13.4.